The van der Waals surface area contributed by atoms with Gasteiger partial charge in [-0.1, -0.05) is 24.3 Å². The molecular weight excluding hydrogens is 390 g/mol. The number of rotatable bonds is 8. The molecule has 4 rings (SSSR count). The zero-order valence-electron chi connectivity index (χ0n) is 18.4. The molecule has 1 aliphatic heterocycles. The third-order valence-electron chi connectivity index (χ3n) is 5.76. The molecule has 0 amide bonds. The highest BCUT2D eigenvalue weighted by molar-refractivity contribution is 5.78. The van der Waals surface area contributed by atoms with Crippen LogP contribution in [0.3, 0.4) is 0 Å². The number of nitrogens with zero attached hydrogens (tertiary/aromatic N) is 4. The highest BCUT2D eigenvalue weighted by Crippen LogP contribution is 2.24. The van der Waals surface area contributed by atoms with Crippen LogP contribution in [0.5, 0.6) is 5.75 Å². The highest BCUT2D eigenvalue weighted by atomic mass is 16.5. The van der Waals surface area contributed by atoms with Crippen LogP contribution in [0.25, 0.3) is 16.6 Å². The van der Waals surface area contributed by atoms with Gasteiger partial charge in [-0.15, -0.1) is 0 Å². The van der Waals surface area contributed by atoms with Crippen molar-refractivity contribution >= 4 is 10.9 Å². The Morgan fingerprint density at radius 3 is 2.48 bits per heavy atom. The molecule has 7 heteroatoms. The van der Waals surface area contributed by atoms with E-state index >= 15 is 0 Å². The maximum absolute atomic E-state index is 13.6. The van der Waals surface area contributed by atoms with Crippen LogP contribution >= 0.6 is 0 Å². The molecule has 0 radical (unpaired) electrons. The molecule has 0 aliphatic carbocycles. The van der Waals surface area contributed by atoms with E-state index in [4.69, 9.17) is 9.72 Å². The Kier molecular flexibility index (Phi) is 6.96. The van der Waals surface area contributed by atoms with Crippen LogP contribution in [0.2, 0.25) is 0 Å². The van der Waals surface area contributed by atoms with E-state index in [-0.39, 0.29) is 5.56 Å². The Balaban J connectivity index is 1.70. The van der Waals surface area contributed by atoms with Crippen molar-refractivity contribution in [1.29, 1.82) is 0 Å². The Bertz CT molecular complexity index is 1070. The van der Waals surface area contributed by atoms with E-state index in [1.54, 1.807) is 4.57 Å². The smallest absolute Gasteiger partial charge is 0.266 e. The molecule has 0 saturated carbocycles. The average molecular weight is 422 g/mol. The van der Waals surface area contributed by atoms with Crippen molar-refractivity contribution in [3.8, 4) is 11.4 Å². The van der Waals surface area contributed by atoms with Crippen LogP contribution in [0, 0.1) is 0 Å². The lowest BCUT2D eigenvalue weighted by Crippen LogP contribution is -2.48. The summed E-state index contributed by atoms with van der Waals surface area (Å²) in [5.41, 5.74) is 1.43. The van der Waals surface area contributed by atoms with Gasteiger partial charge in [0.25, 0.3) is 5.56 Å². The maximum atomic E-state index is 13.6. The van der Waals surface area contributed by atoms with Gasteiger partial charge in [0.05, 0.1) is 29.7 Å². The van der Waals surface area contributed by atoms with Gasteiger partial charge in [-0.3, -0.25) is 19.2 Å². The van der Waals surface area contributed by atoms with Gasteiger partial charge in [0, 0.05) is 39.3 Å². The van der Waals surface area contributed by atoms with E-state index in [9.17, 15) is 4.79 Å². The third-order valence-corrected chi connectivity index (χ3v) is 5.76. The minimum atomic E-state index is -0.0552. The summed E-state index contributed by atoms with van der Waals surface area (Å²) in [7, 11) is 1.99. The van der Waals surface area contributed by atoms with Crippen molar-refractivity contribution in [3.63, 3.8) is 0 Å². The summed E-state index contributed by atoms with van der Waals surface area (Å²) in [6.07, 6.45) is 0. The van der Waals surface area contributed by atoms with Crippen molar-refractivity contribution in [3.05, 3.63) is 64.7 Å². The topological polar surface area (TPSA) is 62.6 Å². The maximum Gasteiger partial charge on any atom is 0.266 e. The van der Waals surface area contributed by atoms with Crippen molar-refractivity contribution < 1.29 is 4.74 Å². The van der Waals surface area contributed by atoms with Gasteiger partial charge in [-0.25, -0.2) is 4.98 Å². The molecule has 31 heavy (non-hydrogen) atoms. The first-order valence-electron chi connectivity index (χ1n) is 11.0. The van der Waals surface area contributed by atoms with Crippen LogP contribution in [-0.2, 0) is 6.54 Å². The van der Waals surface area contributed by atoms with E-state index in [2.05, 4.69) is 15.1 Å². The molecule has 164 valence electrons. The molecule has 0 unspecified atom stereocenters. The van der Waals surface area contributed by atoms with E-state index < -0.39 is 0 Å². The number of fused-ring (bicyclic) bond motifs is 1. The lowest BCUT2D eigenvalue weighted by molar-refractivity contribution is 0.125. The monoisotopic (exact) mass is 421 g/mol. The Morgan fingerprint density at radius 2 is 1.71 bits per heavy atom. The average Bonchev–Trinajstić information content (AvgIpc) is 2.80. The number of piperazine rings is 1. The lowest BCUT2D eigenvalue weighted by atomic mass is 10.2. The first-order valence-corrected chi connectivity index (χ1v) is 11.0. The molecule has 2 aromatic carbocycles. The molecule has 1 saturated heterocycles. The molecule has 1 aliphatic rings. The number of hydrogen-bond acceptors (Lipinski definition) is 6. The fourth-order valence-electron chi connectivity index (χ4n) is 4.09. The predicted octanol–water partition coefficient (Wildman–Crippen LogP) is 2.12. The third kappa shape index (κ3) is 4.79. The first-order chi connectivity index (χ1) is 15.2. The molecule has 0 bridgehead atoms. The van der Waals surface area contributed by atoms with Gasteiger partial charge in [0.2, 0.25) is 0 Å². The second-order valence-electron chi connectivity index (χ2n) is 7.81. The second kappa shape index (κ2) is 10.0. The minimum absolute atomic E-state index is 0.0552. The summed E-state index contributed by atoms with van der Waals surface area (Å²) in [4.78, 5) is 23.3. The van der Waals surface area contributed by atoms with Crippen molar-refractivity contribution in [2.75, 3.05) is 52.9 Å². The summed E-state index contributed by atoms with van der Waals surface area (Å²) < 4.78 is 7.58. The van der Waals surface area contributed by atoms with Crippen LogP contribution < -0.4 is 15.6 Å². The molecule has 1 fully saturated rings. The number of hydrogen-bond donors (Lipinski definition) is 1. The fourth-order valence-corrected chi connectivity index (χ4v) is 4.09. The second-order valence-corrected chi connectivity index (χ2v) is 7.81. The SMILES string of the molecule is CCOc1ccccc1-n1c(CN2CCN(CCNC)CC2)nc2ccccc2c1=O. The Labute approximate surface area is 183 Å². The van der Waals surface area contributed by atoms with Gasteiger partial charge in [-0.05, 0) is 38.2 Å². The van der Waals surface area contributed by atoms with Gasteiger partial charge < -0.3 is 10.1 Å². The quantitative estimate of drug-likeness (QED) is 0.601. The first kappa shape index (κ1) is 21.5. The molecule has 3 aromatic rings. The summed E-state index contributed by atoms with van der Waals surface area (Å²) >= 11 is 0. The zero-order chi connectivity index (χ0) is 21.6. The predicted molar refractivity (Wildman–Crippen MR) is 124 cm³/mol. The normalized spacial score (nSPS) is 15.4. The number of benzene rings is 2. The molecule has 1 aromatic heterocycles. The fraction of sp³-hybridized carbons (Fsp3) is 0.417. The van der Waals surface area contributed by atoms with Crippen LogP contribution in [0.15, 0.2) is 53.3 Å². The van der Waals surface area contributed by atoms with Crippen LogP contribution in [0.4, 0.5) is 0 Å². The number of likely N-dealkylation sites (N-methyl/N-ethyl adjacent to an activating group) is 1. The Morgan fingerprint density at radius 1 is 1.00 bits per heavy atom. The van der Waals surface area contributed by atoms with Gasteiger partial charge >= 0.3 is 0 Å². The summed E-state index contributed by atoms with van der Waals surface area (Å²) in [6.45, 7) is 9.14. The van der Waals surface area contributed by atoms with E-state index in [1.807, 2.05) is 62.5 Å². The van der Waals surface area contributed by atoms with Gasteiger partial charge in [0.15, 0.2) is 0 Å². The van der Waals surface area contributed by atoms with Gasteiger partial charge in [-0.2, -0.15) is 0 Å². The molecule has 7 nitrogen and oxygen atoms in total. The standard InChI is InChI=1S/C24H31N5O2/c1-3-31-22-11-7-6-10-21(22)29-23(26-20-9-5-4-8-19(20)24(29)30)18-28-16-14-27(15-17-28)13-12-25-2/h4-11,25H,3,12-18H2,1-2H3. The molecule has 0 spiro atoms. The van der Waals surface area contributed by atoms with Crippen LogP contribution in [0.1, 0.15) is 12.7 Å². The van der Waals surface area contributed by atoms with Crippen molar-refractivity contribution in [1.82, 2.24) is 24.7 Å². The highest BCUT2D eigenvalue weighted by Gasteiger charge is 2.21. The minimum Gasteiger partial charge on any atom is -0.492 e. The summed E-state index contributed by atoms with van der Waals surface area (Å²) in [6, 6.07) is 15.3. The number of para-hydroxylation sites is 3. The Hall–Kier alpha value is -2.74. The van der Waals surface area contributed by atoms with E-state index in [1.165, 1.54) is 0 Å². The molecule has 2 heterocycles. The van der Waals surface area contributed by atoms with Gasteiger partial charge in [0.1, 0.15) is 11.6 Å². The lowest BCUT2D eigenvalue weighted by Gasteiger charge is -2.34. The summed E-state index contributed by atoms with van der Waals surface area (Å²) in [5.74, 6) is 1.45. The van der Waals surface area contributed by atoms with E-state index in [0.29, 0.717) is 24.3 Å². The molecule has 1 N–H and O–H groups in total. The number of aromatic nitrogens is 2. The van der Waals surface area contributed by atoms with Crippen molar-refractivity contribution in [2.45, 2.75) is 13.5 Å². The number of nitrogens with one attached hydrogen (secondary N) is 1. The summed E-state index contributed by atoms with van der Waals surface area (Å²) in [5, 5.41) is 3.84. The zero-order valence-corrected chi connectivity index (χ0v) is 18.4. The molecular formula is C24H31N5O2. The van der Waals surface area contributed by atoms with Crippen LogP contribution in [-0.4, -0.2) is 72.3 Å². The molecule has 0 atom stereocenters. The van der Waals surface area contributed by atoms with E-state index in [0.717, 1.165) is 56.3 Å². The van der Waals surface area contributed by atoms with Crippen molar-refractivity contribution in [2.24, 2.45) is 0 Å². The number of ether oxygens (including phenoxy) is 1. The largest absolute Gasteiger partial charge is 0.492 e.